The fourth-order valence-electron chi connectivity index (χ4n) is 3.71. The standard InChI is InChI=1S/C23H26N2O2/c1-25(17-10-11-17)14-6-2-3-7-15-27-18-12-13-20-19-8-4-5-9-21(19)23(24-26)22(20)16-18/h3-5,7-9,12-13,16-17,26H,2,6,10-11,14-15H2,1H3/b7-3-,24-23+. The van der Waals surface area contributed by atoms with Crippen molar-refractivity contribution in [3.05, 3.63) is 65.7 Å². The Morgan fingerprint density at radius 3 is 2.63 bits per heavy atom. The van der Waals surface area contributed by atoms with Crippen LogP contribution in [0.15, 0.2) is 59.8 Å². The van der Waals surface area contributed by atoms with Crippen molar-refractivity contribution in [2.75, 3.05) is 20.2 Å². The van der Waals surface area contributed by atoms with Gasteiger partial charge < -0.3 is 14.8 Å². The fourth-order valence-corrected chi connectivity index (χ4v) is 3.71. The van der Waals surface area contributed by atoms with Gasteiger partial charge >= 0.3 is 0 Å². The minimum Gasteiger partial charge on any atom is -0.490 e. The summed E-state index contributed by atoms with van der Waals surface area (Å²) < 4.78 is 5.86. The molecule has 0 unspecified atom stereocenters. The average Bonchev–Trinajstić information content (AvgIpc) is 3.49. The molecule has 0 amide bonds. The molecule has 0 aliphatic heterocycles. The number of unbranched alkanes of at least 4 members (excludes halogenated alkanes) is 1. The summed E-state index contributed by atoms with van der Waals surface area (Å²) in [4.78, 5) is 2.47. The molecule has 0 spiro atoms. The van der Waals surface area contributed by atoms with E-state index in [1.807, 2.05) is 36.4 Å². The molecule has 1 saturated carbocycles. The Morgan fingerprint density at radius 2 is 1.85 bits per heavy atom. The fraction of sp³-hybridized carbons (Fsp3) is 0.348. The summed E-state index contributed by atoms with van der Waals surface area (Å²) >= 11 is 0. The van der Waals surface area contributed by atoms with Crippen LogP contribution in [0.4, 0.5) is 0 Å². The predicted molar refractivity (Wildman–Crippen MR) is 109 cm³/mol. The zero-order chi connectivity index (χ0) is 18.6. The van der Waals surface area contributed by atoms with Gasteiger partial charge in [0, 0.05) is 17.2 Å². The van der Waals surface area contributed by atoms with Crippen LogP contribution < -0.4 is 4.74 Å². The molecule has 4 nitrogen and oxygen atoms in total. The third-order valence-corrected chi connectivity index (χ3v) is 5.38. The molecular formula is C23H26N2O2. The quantitative estimate of drug-likeness (QED) is 0.273. The van der Waals surface area contributed by atoms with Gasteiger partial charge in [0.25, 0.3) is 0 Å². The molecule has 0 atom stereocenters. The van der Waals surface area contributed by atoms with Gasteiger partial charge in [0.1, 0.15) is 18.1 Å². The van der Waals surface area contributed by atoms with Crippen LogP contribution >= 0.6 is 0 Å². The number of fused-ring (bicyclic) bond motifs is 3. The van der Waals surface area contributed by atoms with Crippen LogP contribution in [0.3, 0.4) is 0 Å². The minimum atomic E-state index is 0.551. The summed E-state index contributed by atoms with van der Waals surface area (Å²) in [5.74, 6) is 0.792. The summed E-state index contributed by atoms with van der Waals surface area (Å²) in [7, 11) is 2.22. The number of oxime groups is 1. The lowest BCUT2D eigenvalue weighted by molar-refractivity contribution is 0.319. The predicted octanol–water partition coefficient (Wildman–Crippen LogP) is 4.70. The molecule has 1 N–H and O–H groups in total. The Labute approximate surface area is 160 Å². The first kappa shape index (κ1) is 17.8. The van der Waals surface area contributed by atoms with Gasteiger partial charge in [0.05, 0.1) is 0 Å². The number of nitrogens with zero attached hydrogens (tertiary/aromatic N) is 2. The molecule has 1 fully saturated rings. The first-order valence-electron chi connectivity index (χ1n) is 9.72. The van der Waals surface area contributed by atoms with Crippen molar-refractivity contribution in [2.24, 2.45) is 5.16 Å². The summed E-state index contributed by atoms with van der Waals surface area (Å²) in [6.07, 6.45) is 9.30. The van der Waals surface area contributed by atoms with Gasteiger partial charge in [-0.25, -0.2) is 0 Å². The van der Waals surface area contributed by atoms with Crippen LogP contribution in [-0.4, -0.2) is 42.1 Å². The smallest absolute Gasteiger partial charge is 0.120 e. The molecular weight excluding hydrogens is 336 g/mol. The second-order valence-electron chi connectivity index (χ2n) is 7.34. The van der Waals surface area contributed by atoms with Crippen molar-refractivity contribution < 1.29 is 9.94 Å². The monoisotopic (exact) mass is 362 g/mol. The normalized spacial score (nSPS) is 16.9. The van der Waals surface area contributed by atoms with Crippen LogP contribution in [-0.2, 0) is 0 Å². The third kappa shape index (κ3) is 3.91. The average molecular weight is 362 g/mol. The van der Waals surface area contributed by atoms with Crippen LogP contribution in [0.2, 0.25) is 0 Å². The van der Waals surface area contributed by atoms with Gasteiger partial charge in [-0.1, -0.05) is 41.6 Å². The Morgan fingerprint density at radius 1 is 1.07 bits per heavy atom. The van der Waals surface area contributed by atoms with E-state index >= 15 is 0 Å². The molecule has 2 aliphatic rings. The number of benzene rings is 2. The second-order valence-corrected chi connectivity index (χ2v) is 7.34. The lowest BCUT2D eigenvalue weighted by atomic mass is 10.1. The zero-order valence-electron chi connectivity index (χ0n) is 15.8. The van der Waals surface area contributed by atoms with E-state index in [9.17, 15) is 5.21 Å². The number of rotatable bonds is 8. The number of ether oxygens (including phenoxy) is 1. The molecule has 140 valence electrons. The first-order chi connectivity index (χ1) is 13.3. The Hall–Kier alpha value is -2.59. The maximum Gasteiger partial charge on any atom is 0.120 e. The molecule has 2 aromatic carbocycles. The van der Waals surface area contributed by atoms with E-state index in [0.717, 1.165) is 40.5 Å². The van der Waals surface area contributed by atoms with Crippen LogP contribution in [0, 0.1) is 0 Å². The molecule has 2 aromatic rings. The number of hydrogen-bond acceptors (Lipinski definition) is 4. The Balaban J connectivity index is 1.31. The minimum absolute atomic E-state index is 0.551. The molecule has 0 aromatic heterocycles. The molecule has 2 aliphatic carbocycles. The third-order valence-electron chi connectivity index (χ3n) is 5.38. The van der Waals surface area contributed by atoms with Crippen LogP contribution in [0.25, 0.3) is 11.1 Å². The van der Waals surface area contributed by atoms with Gasteiger partial charge in [-0.05, 0) is 68.6 Å². The van der Waals surface area contributed by atoms with Gasteiger partial charge in [0.2, 0.25) is 0 Å². The van der Waals surface area contributed by atoms with Gasteiger partial charge in [0.15, 0.2) is 0 Å². The van der Waals surface area contributed by atoms with Crippen molar-refractivity contribution in [2.45, 2.75) is 31.7 Å². The number of hydrogen-bond donors (Lipinski definition) is 1. The van der Waals surface area contributed by atoms with Crippen molar-refractivity contribution in [1.29, 1.82) is 0 Å². The SMILES string of the molecule is CN(CCC/C=C\COc1ccc2c(c1)/C(=N/O)c1ccccc1-2)C1CC1. The molecule has 27 heavy (non-hydrogen) atoms. The summed E-state index contributed by atoms with van der Waals surface area (Å²) in [6.45, 7) is 1.72. The summed E-state index contributed by atoms with van der Waals surface area (Å²) in [5, 5.41) is 13.0. The molecule has 4 rings (SSSR count). The molecule has 0 heterocycles. The van der Waals surface area contributed by atoms with Crippen LogP contribution in [0.1, 0.15) is 36.8 Å². The van der Waals surface area contributed by atoms with E-state index in [4.69, 9.17) is 4.74 Å². The zero-order valence-corrected chi connectivity index (χ0v) is 15.8. The molecule has 0 bridgehead atoms. The van der Waals surface area contributed by atoms with Crippen molar-refractivity contribution in [3.63, 3.8) is 0 Å². The van der Waals surface area contributed by atoms with Gasteiger partial charge in [-0.15, -0.1) is 0 Å². The number of allylic oxidation sites excluding steroid dienone is 1. The molecule has 4 heteroatoms. The Kier molecular flexibility index (Phi) is 5.26. The maximum absolute atomic E-state index is 9.46. The lowest BCUT2D eigenvalue weighted by Crippen LogP contribution is -2.21. The first-order valence-corrected chi connectivity index (χ1v) is 9.72. The van der Waals surface area contributed by atoms with Gasteiger partial charge in [-0.3, -0.25) is 0 Å². The van der Waals surface area contributed by atoms with E-state index < -0.39 is 0 Å². The van der Waals surface area contributed by atoms with E-state index in [2.05, 4.69) is 35.3 Å². The highest BCUT2D eigenvalue weighted by Gasteiger charge is 2.26. The topological polar surface area (TPSA) is 45.1 Å². The largest absolute Gasteiger partial charge is 0.490 e. The Bertz CT molecular complexity index is 868. The second kappa shape index (κ2) is 7.97. The van der Waals surface area contributed by atoms with Crippen molar-refractivity contribution >= 4 is 5.71 Å². The highest BCUT2D eigenvalue weighted by molar-refractivity contribution is 6.24. The van der Waals surface area contributed by atoms with E-state index in [-0.39, 0.29) is 0 Å². The van der Waals surface area contributed by atoms with Crippen molar-refractivity contribution in [1.82, 2.24) is 4.90 Å². The van der Waals surface area contributed by atoms with E-state index in [0.29, 0.717) is 12.3 Å². The lowest BCUT2D eigenvalue weighted by Gasteiger charge is -2.14. The highest BCUT2D eigenvalue weighted by atomic mass is 16.5. The maximum atomic E-state index is 9.46. The summed E-state index contributed by atoms with van der Waals surface area (Å²) in [6, 6.07) is 14.8. The van der Waals surface area contributed by atoms with E-state index in [1.54, 1.807) is 0 Å². The van der Waals surface area contributed by atoms with Crippen LogP contribution in [0.5, 0.6) is 5.75 Å². The summed E-state index contributed by atoms with van der Waals surface area (Å²) in [5.41, 5.74) is 4.68. The van der Waals surface area contributed by atoms with Gasteiger partial charge in [-0.2, -0.15) is 0 Å². The molecule has 0 saturated heterocycles. The van der Waals surface area contributed by atoms with Crippen molar-refractivity contribution in [3.8, 4) is 16.9 Å². The molecule has 0 radical (unpaired) electrons. The highest BCUT2D eigenvalue weighted by Crippen LogP contribution is 2.38. The van der Waals surface area contributed by atoms with E-state index in [1.165, 1.54) is 25.8 Å².